The zero-order valence-corrected chi connectivity index (χ0v) is 21.0. The number of hydrogen-bond donors (Lipinski definition) is 1. The molecule has 1 aromatic heterocycles. The number of carbonyl (C=O) groups is 2. The van der Waals surface area contributed by atoms with Crippen LogP contribution in [0.25, 0.3) is 0 Å². The summed E-state index contributed by atoms with van der Waals surface area (Å²) in [6.45, 7) is 2.56. The quantitative estimate of drug-likeness (QED) is 0.539. The van der Waals surface area contributed by atoms with Crippen molar-refractivity contribution >= 4 is 11.8 Å². The fourth-order valence-electron chi connectivity index (χ4n) is 6.09. The molecule has 5 rings (SSSR count). The van der Waals surface area contributed by atoms with E-state index in [4.69, 9.17) is 0 Å². The van der Waals surface area contributed by atoms with E-state index in [-0.39, 0.29) is 42.0 Å². The number of aryl methyl sites for hydroxylation is 1. The topological polar surface area (TPSA) is 79.5 Å². The summed E-state index contributed by atoms with van der Waals surface area (Å²) in [5.74, 6) is -1.05. The molecule has 8 nitrogen and oxygen atoms in total. The summed E-state index contributed by atoms with van der Waals surface area (Å²) < 4.78 is 44.4. The van der Waals surface area contributed by atoms with Crippen LogP contribution in [0.2, 0.25) is 0 Å². The molecule has 1 saturated carbocycles. The molecule has 2 aromatic rings. The summed E-state index contributed by atoms with van der Waals surface area (Å²) in [6.07, 6.45) is 4.11. The Hall–Kier alpha value is -3.08. The molecule has 4 atom stereocenters. The number of piperidine rings is 1. The van der Waals surface area contributed by atoms with Crippen molar-refractivity contribution in [3.63, 3.8) is 0 Å². The van der Waals surface area contributed by atoms with Gasteiger partial charge in [-0.25, -0.2) is 4.98 Å². The molecule has 2 unspecified atom stereocenters. The Kier molecular flexibility index (Phi) is 6.68. The molecule has 3 fully saturated rings. The number of amides is 2. The van der Waals surface area contributed by atoms with Crippen molar-refractivity contribution in [2.45, 2.75) is 82.0 Å². The first kappa shape index (κ1) is 25.6. The van der Waals surface area contributed by atoms with Crippen molar-refractivity contribution < 1.29 is 27.5 Å². The lowest BCUT2D eigenvalue weighted by molar-refractivity contribution is -0.274. The Morgan fingerprint density at radius 1 is 1.19 bits per heavy atom. The molecular formula is C26H32F3N5O3. The van der Waals surface area contributed by atoms with Gasteiger partial charge >= 0.3 is 6.36 Å². The number of ether oxygens (including phenoxy) is 1. The van der Waals surface area contributed by atoms with Gasteiger partial charge in [0, 0.05) is 31.9 Å². The highest BCUT2D eigenvalue weighted by Gasteiger charge is 2.65. The van der Waals surface area contributed by atoms with Crippen LogP contribution in [0.15, 0.2) is 36.8 Å². The number of imidazole rings is 1. The third-order valence-electron chi connectivity index (χ3n) is 7.90. The van der Waals surface area contributed by atoms with Gasteiger partial charge in [-0.1, -0.05) is 25.0 Å². The van der Waals surface area contributed by atoms with Crippen LogP contribution < -0.4 is 10.1 Å². The Bertz CT molecular complexity index is 1150. The van der Waals surface area contributed by atoms with Gasteiger partial charge in [0.05, 0.1) is 12.4 Å². The Balaban J connectivity index is 1.52. The van der Waals surface area contributed by atoms with Gasteiger partial charge in [0.2, 0.25) is 5.91 Å². The fraction of sp³-hybridized carbons (Fsp3) is 0.577. The SMILES string of the molecule is Cn1cnc(C(=O)N(Cc2cccc(OC(F)(F)F)c2)C(C)(C(=O)NC2CCCC2)[C@@H]2[C@@H]3CCCN23)c1. The lowest BCUT2D eigenvalue weighted by Gasteiger charge is -2.41. The van der Waals surface area contributed by atoms with Gasteiger partial charge in [-0.15, -0.1) is 13.2 Å². The summed E-state index contributed by atoms with van der Waals surface area (Å²) in [5, 5.41) is 3.19. The second-order valence-corrected chi connectivity index (χ2v) is 10.5. The van der Waals surface area contributed by atoms with Gasteiger partial charge < -0.3 is 19.5 Å². The molecule has 2 amide bonds. The summed E-state index contributed by atoms with van der Waals surface area (Å²) in [4.78, 5) is 36.0. The number of hydrogen-bond acceptors (Lipinski definition) is 5. The third kappa shape index (κ3) is 5.18. The van der Waals surface area contributed by atoms with E-state index in [1.807, 2.05) is 0 Å². The van der Waals surface area contributed by atoms with E-state index >= 15 is 0 Å². The van der Waals surface area contributed by atoms with Gasteiger partial charge in [-0.3, -0.25) is 14.5 Å². The summed E-state index contributed by atoms with van der Waals surface area (Å²) in [5.41, 5.74) is -0.652. The van der Waals surface area contributed by atoms with Crippen LogP contribution in [0.4, 0.5) is 13.2 Å². The van der Waals surface area contributed by atoms with E-state index in [1.54, 1.807) is 30.8 Å². The summed E-state index contributed by atoms with van der Waals surface area (Å²) in [7, 11) is 1.75. The predicted octanol–water partition coefficient (Wildman–Crippen LogP) is 3.63. The Labute approximate surface area is 213 Å². The van der Waals surface area contributed by atoms with Gasteiger partial charge in [-0.05, 0) is 56.8 Å². The minimum Gasteiger partial charge on any atom is -0.406 e. The van der Waals surface area contributed by atoms with Crippen molar-refractivity contribution in [1.29, 1.82) is 0 Å². The number of nitrogens with zero attached hydrogens (tertiary/aromatic N) is 4. The number of fused-ring (bicyclic) bond motifs is 1. The van der Waals surface area contributed by atoms with Crippen molar-refractivity contribution in [2.24, 2.45) is 7.05 Å². The summed E-state index contributed by atoms with van der Waals surface area (Å²) >= 11 is 0. The molecule has 3 heterocycles. The molecule has 11 heteroatoms. The summed E-state index contributed by atoms with van der Waals surface area (Å²) in [6, 6.07) is 5.62. The number of alkyl halides is 3. The highest BCUT2D eigenvalue weighted by Crippen LogP contribution is 2.47. The maximum absolute atomic E-state index is 14.0. The van der Waals surface area contributed by atoms with Crippen molar-refractivity contribution in [1.82, 2.24) is 24.7 Å². The zero-order valence-electron chi connectivity index (χ0n) is 21.0. The monoisotopic (exact) mass is 519 g/mol. The maximum Gasteiger partial charge on any atom is 0.573 e. The number of nitrogens with one attached hydrogen (secondary N) is 1. The standard InChI is InChI=1S/C26H32F3N5O3/c1-25(22-21-11-6-12-33(21)22,24(36)31-18-8-3-4-9-18)34(23(35)20-15-32(2)16-30-20)14-17-7-5-10-19(13-17)37-26(27,28)29/h5,7,10,13,15-16,18,21-22H,3-4,6,8-9,11-12,14H2,1-2H3,(H,31,36)/t21-,22-,25?,33?/m0/s1. The van der Waals surface area contributed by atoms with Crippen LogP contribution in [0.1, 0.15) is 61.5 Å². The van der Waals surface area contributed by atoms with E-state index in [0.29, 0.717) is 5.56 Å². The van der Waals surface area contributed by atoms with Crippen LogP contribution in [0.3, 0.4) is 0 Å². The first-order chi connectivity index (χ1) is 17.6. The number of carbonyl (C=O) groups excluding carboxylic acids is 2. The Morgan fingerprint density at radius 2 is 1.95 bits per heavy atom. The highest BCUT2D eigenvalue weighted by atomic mass is 19.4. The normalized spacial score (nSPS) is 24.8. The average molecular weight is 520 g/mol. The minimum absolute atomic E-state index is 0.0516. The van der Waals surface area contributed by atoms with Crippen LogP contribution in [0.5, 0.6) is 5.75 Å². The molecule has 0 spiro atoms. The zero-order chi connectivity index (χ0) is 26.4. The molecular weight excluding hydrogens is 487 g/mol. The van der Waals surface area contributed by atoms with Crippen molar-refractivity contribution in [3.05, 3.63) is 48.0 Å². The predicted molar refractivity (Wildman–Crippen MR) is 129 cm³/mol. The van der Waals surface area contributed by atoms with E-state index in [1.165, 1.54) is 29.4 Å². The van der Waals surface area contributed by atoms with Gasteiger partial charge in [-0.2, -0.15) is 0 Å². The molecule has 1 aromatic carbocycles. The number of aromatic nitrogens is 2. The van der Waals surface area contributed by atoms with E-state index in [9.17, 15) is 22.8 Å². The molecule has 0 bridgehead atoms. The second-order valence-electron chi connectivity index (χ2n) is 10.5. The third-order valence-corrected chi connectivity index (χ3v) is 7.90. The van der Waals surface area contributed by atoms with Gasteiger partial charge in [0.1, 0.15) is 17.0 Å². The molecule has 2 saturated heterocycles. The fourth-order valence-corrected chi connectivity index (χ4v) is 6.09. The number of benzene rings is 1. The van der Waals surface area contributed by atoms with Crippen LogP contribution in [-0.2, 0) is 18.4 Å². The van der Waals surface area contributed by atoms with Crippen molar-refractivity contribution in [2.75, 3.05) is 6.54 Å². The average Bonchev–Trinajstić information content (AvgIpc) is 3.31. The number of halogens is 3. The molecule has 3 aliphatic rings. The van der Waals surface area contributed by atoms with Gasteiger partial charge in [0.15, 0.2) is 0 Å². The number of rotatable bonds is 8. The minimum atomic E-state index is -4.84. The van der Waals surface area contributed by atoms with Crippen LogP contribution >= 0.6 is 0 Å². The van der Waals surface area contributed by atoms with E-state index in [0.717, 1.165) is 45.1 Å². The maximum atomic E-state index is 14.0. The van der Waals surface area contributed by atoms with Gasteiger partial charge in [0.25, 0.3) is 5.91 Å². The first-order valence-electron chi connectivity index (χ1n) is 12.8. The highest BCUT2D eigenvalue weighted by molar-refractivity contribution is 5.98. The first-order valence-corrected chi connectivity index (χ1v) is 12.8. The molecule has 200 valence electrons. The van der Waals surface area contributed by atoms with E-state index in [2.05, 4.69) is 19.9 Å². The van der Waals surface area contributed by atoms with Crippen molar-refractivity contribution in [3.8, 4) is 5.75 Å². The molecule has 37 heavy (non-hydrogen) atoms. The molecule has 1 N–H and O–H groups in total. The lowest BCUT2D eigenvalue weighted by Crippen LogP contribution is -2.64. The van der Waals surface area contributed by atoms with Crippen LogP contribution in [-0.4, -0.2) is 67.7 Å². The van der Waals surface area contributed by atoms with E-state index < -0.39 is 17.8 Å². The second kappa shape index (κ2) is 9.66. The molecule has 0 radical (unpaired) electrons. The van der Waals surface area contributed by atoms with Crippen LogP contribution in [0, 0.1) is 0 Å². The molecule has 2 aliphatic heterocycles. The smallest absolute Gasteiger partial charge is 0.406 e. The largest absolute Gasteiger partial charge is 0.573 e. The molecule has 1 aliphatic carbocycles. The Morgan fingerprint density at radius 3 is 2.57 bits per heavy atom. The lowest BCUT2D eigenvalue weighted by atomic mass is 9.88.